The highest BCUT2D eigenvalue weighted by molar-refractivity contribution is 6.32. The van der Waals surface area contributed by atoms with E-state index in [2.05, 4.69) is 15.6 Å². The van der Waals surface area contributed by atoms with Gasteiger partial charge in [0, 0.05) is 35.0 Å². The third-order valence-corrected chi connectivity index (χ3v) is 7.43. The Morgan fingerprint density at radius 3 is 2.49 bits per heavy atom. The van der Waals surface area contributed by atoms with E-state index < -0.39 is 18.6 Å². The van der Waals surface area contributed by atoms with Crippen molar-refractivity contribution >= 4 is 17.5 Å². The molecule has 11 heteroatoms. The van der Waals surface area contributed by atoms with Crippen LogP contribution in [-0.4, -0.2) is 42.4 Å². The Bertz CT molecular complexity index is 1220. The molecule has 2 aromatic rings. The van der Waals surface area contributed by atoms with Crippen molar-refractivity contribution in [1.82, 2.24) is 15.6 Å². The van der Waals surface area contributed by atoms with E-state index in [4.69, 9.17) is 21.1 Å². The largest absolute Gasteiger partial charge is 0.484 e. The van der Waals surface area contributed by atoms with Crippen molar-refractivity contribution in [3.05, 3.63) is 55.5 Å². The van der Waals surface area contributed by atoms with E-state index in [0.717, 1.165) is 11.3 Å². The zero-order valence-corrected chi connectivity index (χ0v) is 21.7. The predicted molar refractivity (Wildman–Crippen MR) is 134 cm³/mol. The van der Waals surface area contributed by atoms with Gasteiger partial charge in [-0.1, -0.05) is 11.6 Å². The molecule has 3 N–H and O–H groups in total. The molecule has 1 aromatic heterocycles. The molecule has 1 fully saturated rings. The quantitative estimate of drug-likeness (QED) is 0.491. The molecule has 2 heterocycles. The summed E-state index contributed by atoms with van der Waals surface area (Å²) >= 11 is 6.43. The Labute approximate surface area is 218 Å². The molecule has 4 rings (SSSR count). The molecule has 0 bridgehead atoms. The van der Waals surface area contributed by atoms with Crippen LogP contribution in [-0.2, 0) is 6.54 Å². The summed E-state index contributed by atoms with van der Waals surface area (Å²) in [4.78, 5) is 28.1. The van der Waals surface area contributed by atoms with E-state index in [1.54, 1.807) is 13.8 Å². The van der Waals surface area contributed by atoms with Crippen LogP contribution in [0, 0.1) is 26.7 Å². The normalized spacial score (nSPS) is 21.5. The number of hydrogen-bond acceptors (Lipinski definition) is 5. The number of benzene rings is 1. The molecule has 1 aliphatic carbocycles. The Hall–Kier alpha value is -2.72. The van der Waals surface area contributed by atoms with Gasteiger partial charge in [-0.05, 0) is 70.1 Å². The van der Waals surface area contributed by atoms with Crippen molar-refractivity contribution < 1.29 is 27.4 Å². The van der Waals surface area contributed by atoms with E-state index >= 15 is 0 Å². The van der Waals surface area contributed by atoms with Gasteiger partial charge in [0.05, 0.1) is 11.6 Å². The molecule has 1 amide bonds. The van der Waals surface area contributed by atoms with Gasteiger partial charge < -0.3 is 25.1 Å². The Kier molecular flexibility index (Phi) is 8.08. The highest BCUT2D eigenvalue weighted by atomic mass is 35.5. The van der Waals surface area contributed by atoms with Crippen molar-refractivity contribution in [1.29, 1.82) is 0 Å². The SMILES string of the molecule is Cc1cc(C)c(CNC(=O)c2cc(Cl)c3c(c2C)OC(C2CCC(NCC(F)(F)F)CC2)CO3)c(=O)[nH]1. The van der Waals surface area contributed by atoms with E-state index in [9.17, 15) is 22.8 Å². The minimum absolute atomic E-state index is 0.0556. The van der Waals surface area contributed by atoms with Gasteiger partial charge in [-0.2, -0.15) is 13.2 Å². The van der Waals surface area contributed by atoms with Gasteiger partial charge in [0.1, 0.15) is 12.7 Å². The molecule has 1 saturated carbocycles. The Morgan fingerprint density at radius 2 is 1.84 bits per heavy atom. The number of alkyl halides is 3. The van der Waals surface area contributed by atoms with Crippen LogP contribution in [0.2, 0.25) is 5.02 Å². The number of amides is 1. The number of hydrogen-bond donors (Lipinski definition) is 3. The number of rotatable bonds is 6. The lowest BCUT2D eigenvalue weighted by molar-refractivity contribution is -0.126. The van der Waals surface area contributed by atoms with E-state index in [0.29, 0.717) is 53.9 Å². The third-order valence-electron chi connectivity index (χ3n) is 7.15. The maximum Gasteiger partial charge on any atom is 0.401 e. The number of aromatic nitrogens is 1. The molecule has 37 heavy (non-hydrogen) atoms. The van der Waals surface area contributed by atoms with Gasteiger partial charge in [-0.3, -0.25) is 9.59 Å². The second-order valence-corrected chi connectivity index (χ2v) is 10.3. The van der Waals surface area contributed by atoms with Crippen LogP contribution in [0.3, 0.4) is 0 Å². The average molecular weight is 542 g/mol. The zero-order chi connectivity index (χ0) is 26.9. The fourth-order valence-electron chi connectivity index (χ4n) is 5.12. The van der Waals surface area contributed by atoms with Crippen LogP contribution in [0.5, 0.6) is 11.5 Å². The summed E-state index contributed by atoms with van der Waals surface area (Å²) in [6, 6.07) is 3.19. The number of pyridine rings is 1. The van der Waals surface area contributed by atoms with E-state index in [1.165, 1.54) is 6.07 Å². The molecule has 1 aromatic carbocycles. The van der Waals surface area contributed by atoms with Crippen molar-refractivity contribution in [2.45, 2.75) is 71.3 Å². The number of aryl methyl sites for hydroxylation is 2. The third kappa shape index (κ3) is 6.41. The fourth-order valence-corrected chi connectivity index (χ4v) is 5.37. The standard InChI is InChI=1S/C26H31ClF3N3O4/c1-13-8-14(2)33-25(35)19(13)10-31-24(34)18-9-20(27)23-22(15(18)3)37-21(11-36-23)16-4-6-17(7-5-16)32-12-26(28,29)30/h8-9,16-17,21,32H,4-7,10-12H2,1-3H3,(H,31,34)(H,33,35). The summed E-state index contributed by atoms with van der Waals surface area (Å²) in [7, 11) is 0. The van der Waals surface area contributed by atoms with Crippen LogP contribution in [0.4, 0.5) is 13.2 Å². The lowest BCUT2D eigenvalue weighted by Crippen LogP contribution is -2.43. The first-order valence-corrected chi connectivity index (χ1v) is 12.7. The number of nitrogens with one attached hydrogen (secondary N) is 3. The smallest absolute Gasteiger partial charge is 0.401 e. The van der Waals surface area contributed by atoms with Crippen molar-refractivity contribution in [3.8, 4) is 11.5 Å². The first-order valence-electron chi connectivity index (χ1n) is 12.3. The molecule has 1 unspecified atom stereocenters. The van der Waals surface area contributed by atoms with Crippen LogP contribution in [0.1, 0.15) is 58.4 Å². The van der Waals surface area contributed by atoms with Gasteiger partial charge in [0.25, 0.3) is 11.5 Å². The second kappa shape index (κ2) is 10.9. The summed E-state index contributed by atoms with van der Waals surface area (Å²) in [5, 5.41) is 5.63. The first-order chi connectivity index (χ1) is 17.4. The maximum absolute atomic E-state index is 13.1. The molecule has 0 saturated heterocycles. The van der Waals surface area contributed by atoms with Gasteiger partial charge in [0.2, 0.25) is 0 Å². The molecule has 7 nitrogen and oxygen atoms in total. The first kappa shape index (κ1) is 27.3. The van der Waals surface area contributed by atoms with Crippen LogP contribution >= 0.6 is 11.6 Å². The van der Waals surface area contributed by atoms with Crippen molar-refractivity contribution in [3.63, 3.8) is 0 Å². The number of carbonyl (C=O) groups is 1. The monoisotopic (exact) mass is 541 g/mol. The topological polar surface area (TPSA) is 92.4 Å². The van der Waals surface area contributed by atoms with Crippen molar-refractivity contribution in [2.24, 2.45) is 5.92 Å². The van der Waals surface area contributed by atoms with Gasteiger partial charge in [-0.25, -0.2) is 0 Å². The molecule has 1 atom stereocenters. The van der Waals surface area contributed by atoms with Gasteiger partial charge >= 0.3 is 6.18 Å². The number of ether oxygens (including phenoxy) is 2. The Balaban J connectivity index is 1.43. The van der Waals surface area contributed by atoms with Crippen LogP contribution < -0.4 is 25.7 Å². The highest BCUT2D eigenvalue weighted by Gasteiger charge is 2.36. The van der Waals surface area contributed by atoms with E-state index in [-0.39, 0.29) is 41.8 Å². The number of carbonyl (C=O) groups excluding carboxylic acids is 1. The van der Waals surface area contributed by atoms with Crippen LogP contribution in [0.25, 0.3) is 0 Å². The minimum atomic E-state index is -4.23. The summed E-state index contributed by atoms with van der Waals surface area (Å²) in [6.45, 7) is 4.70. The number of aromatic amines is 1. The zero-order valence-electron chi connectivity index (χ0n) is 21.0. The fraction of sp³-hybridized carbons (Fsp3) is 0.538. The highest BCUT2D eigenvalue weighted by Crippen LogP contribution is 2.44. The molecule has 1 aliphatic heterocycles. The lowest BCUT2D eigenvalue weighted by Gasteiger charge is -2.37. The molecular weight excluding hydrogens is 511 g/mol. The second-order valence-electron chi connectivity index (χ2n) is 9.89. The van der Waals surface area contributed by atoms with Crippen molar-refractivity contribution in [2.75, 3.05) is 13.2 Å². The molecule has 2 aliphatic rings. The van der Waals surface area contributed by atoms with Crippen LogP contribution in [0.15, 0.2) is 16.9 Å². The molecule has 0 spiro atoms. The molecular formula is C26H31ClF3N3O4. The summed E-state index contributed by atoms with van der Waals surface area (Å²) in [5.74, 6) is 0.487. The molecule has 0 radical (unpaired) electrons. The number of fused-ring (bicyclic) bond motifs is 1. The summed E-state index contributed by atoms with van der Waals surface area (Å²) in [6.07, 6.45) is -1.87. The lowest BCUT2D eigenvalue weighted by atomic mass is 9.82. The van der Waals surface area contributed by atoms with Gasteiger partial charge in [-0.15, -0.1) is 0 Å². The average Bonchev–Trinajstić information content (AvgIpc) is 2.83. The van der Waals surface area contributed by atoms with E-state index in [1.807, 2.05) is 13.0 Å². The number of halogens is 4. The minimum Gasteiger partial charge on any atom is -0.484 e. The Morgan fingerprint density at radius 1 is 1.14 bits per heavy atom. The maximum atomic E-state index is 13.1. The predicted octanol–water partition coefficient (Wildman–Crippen LogP) is 4.73. The van der Waals surface area contributed by atoms with Gasteiger partial charge in [0.15, 0.2) is 11.5 Å². The molecule has 202 valence electrons. The summed E-state index contributed by atoms with van der Waals surface area (Å²) < 4.78 is 49.7. The number of H-pyrrole nitrogens is 1. The summed E-state index contributed by atoms with van der Waals surface area (Å²) in [5.41, 5.74) is 2.63.